The monoisotopic (exact) mass is 305 g/mol. The number of carbonyl (C=O) groups excluding carboxylic acids is 1. The molecule has 3 aromatic rings. The molecule has 1 fully saturated rings. The fourth-order valence-electron chi connectivity index (χ4n) is 3.42. The van der Waals surface area contributed by atoms with Crippen LogP contribution in [-0.4, -0.2) is 34.1 Å². The number of nitrogens with zero attached hydrogens (tertiary/aromatic N) is 2. The summed E-state index contributed by atoms with van der Waals surface area (Å²) < 4.78 is 0. The van der Waals surface area contributed by atoms with Crippen molar-refractivity contribution in [2.24, 2.45) is 0 Å². The number of para-hydroxylation sites is 1. The smallest absolute Gasteiger partial charge is 0.274 e. The Morgan fingerprint density at radius 1 is 1.00 bits per heavy atom. The van der Waals surface area contributed by atoms with E-state index >= 15 is 0 Å². The lowest BCUT2D eigenvalue weighted by atomic mass is 9.89. The SMILES string of the molecule is O=C(c1n[nH]c2ccccc12)N1CCC(c2ccccc2)CC1. The standard InChI is InChI=1S/C19H19N3O/c23-19(18-16-8-4-5-9-17(16)20-21-18)22-12-10-15(11-13-22)14-6-2-1-3-7-14/h1-9,15H,10-13H2,(H,20,21). The van der Waals surface area contributed by atoms with Gasteiger partial charge in [-0.1, -0.05) is 48.5 Å². The van der Waals surface area contributed by atoms with Gasteiger partial charge in [0.25, 0.3) is 5.91 Å². The fourth-order valence-corrected chi connectivity index (χ4v) is 3.42. The quantitative estimate of drug-likeness (QED) is 0.786. The molecule has 1 N–H and O–H groups in total. The third kappa shape index (κ3) is 2.61. The molecule has 0 aliphatic carbocycles. The second-order valence-corrected chi connectivity index (χ2v) is 6.09. The molecule has 1 aromatic heterocycles. The molecule has 0 spiro atoms. The Hall–Kier alpha value is -2.62. The zero-order valence-corrected chi connectivity index (χ0v) is 12.9. The van der Waals surface area contributed by atoms with E-state index in [2.05, 4.69) is 34.5 Å². The summed E-state index contributed by atoms with van der Waals surface area (Å²) in [5, 5.41) is 8.08. The van der Waals surface area contributed by atoms with E-state index in [1.165, 1.54) is 5.56 Å². The van der Waals surface area contributed by atoms with Crippen molar-refractivity contribution in [3.63, 3.8) is 0 Å². The third-order valence-corrected chi connectivity index (χ3v) is 4.73. The van der Waals surface area contributed by atoms with E-state index in [1.54, 1.807) is 0 Å². The number of likely N-dealkylation sites (tertiary alicyclic amines) is 1. The second kappa shape index (κ2) is 5.88. The molecule has 23 heavy (non-hydrogen) atoms. The summed E-state index contributed by atoms with van der Waals surface area (Å²) in [7, 11) is 0. The number of aromatic amines is 1. The van der Waals surface area contributed by atoms with Crippen molar-refractivity contribution in [2.45, 2.75) is 18.8 Å². The van der Waals surface area contributed by atoms with Crippen LogP contribution < -0.4 is 0 Å². The van der Waals surface area contributed by atoms with E-state index in [-0.39, 0.29) is 5.91 Å². The molecule has 2 aromatic carbocycles. The first kappa shape index (κ1) is 14.0. The maximum atomic E-state index is 12.8. The van der Waals surface area contributed by atoms with Gasteiger partial charge in [0.15, 0.2) is 5.69 Å². The normalized spacial score (nSPS) is 15.9. The summed E-state index contributed by atoms with van der Waals surface area (Å²) in [4.78, 5) is 14.7. The molecule has 0 atom stereocenters. The highest BCUT2D eigenvalue weighted by molar-refractivity contribution is 6.04. The summed E-state index contributed by atoms with van der Waals surface area (Å²) in [6.45, 7) is 1.58. The number of piperidine rings is 1. The number of carbonyl (C=O) groups is 1. The van der Waals surface area contributed by atoms with Crippen LogP contribution in [0, 0.1) is 0 Å². The molecular formula is C19H19N3O. The van der Waals surface area contributed by atoms with Crippen molar-refractivity contribution < 1.29 is 4.79 Å². The summed E-state index contributed by atoms with van der Waals surface area (Å²) in [5.74, 6) is 0.588. The average molecular weight is 305 g/mol. The Morgan fingerprint density at radius 2 is 1.70 bits per heavy atom. The van der Waals surface area contributed by atoms with Crippen LogP contribution in [0.2, 0.25) is 0 Å². The number of nitrogens with one attached hydrogen (secondary N) is 1. The van der Waals surface area contributed by atoms with E-state index in [0.29, 0.717) is 11.6 Å². The molecule has 4 nitrogen and oxygen atoms in total. The predicted molar refractivity (Wildman–Crippen MR) is 90.4 cm³/mol. The van der Waals surface area contributed by atoms with E-state index in [0.717, 1.165) is 36.8 Å². The Bertz CT molecular complexity index is 817. The van der Waals surface area contributed by atoms with Crippen LogP contribution >= 0.6 is 0 Å². The number of fused-ring (bicyclic) bond motifs is 1. The fraction of sp³-hybridized carbons (Fsp3) is 0.263. The van der Waals surface area contributed by atoms with Gasteiger partial charge in [-0.2, -0.15) is 5.10 Å². The zero-order valence-electron chi connectivity index (χ0n) is 12.9. The minimum absolute atomic E-state index is 0.0361. The Balaban J connectivity index is 1.49. The van der Waals surface area contributed by atoms with E-state index in [9.17, 15) is 4.79 Å². The largest absolute Gasteiger partial charge is 0.337 e. The first-order valence-electron chi connectivity index (χ1n) is 8.10. The predicted octanol–water partition coefficient (Wildman–Crippen LogP) is 3.58. The lowest BCUT2D eigenvalue weighted by Gasteiger charge is -2.31. The topological polar surface area (TPSA) is 49.0 Å². The van der Waals surface area contributed by atoms with Crippen molar-refractivity contribution in [2.75, 3.05) is 13.1 Å². The third-order valence-electron chi connectivity index (χ3n) is 4.73. The first-order valence-corrected chi connectivity index (χ1v) is 8.10. The van der Waals surface area contributed by atoms with Crippen LogP contribution in [0.25, 0.3) is 10.9 Å². The summed E-state index contributed by atoms with van der Waals surface area (Å²) >= 11 is 0. The first-order chi connectivity index (χ1) is 11.3. The average Bonchev–Trinajstić information content (AvgIpc) is 3.06. The van der Waals surface area contributed by atoms with Crippen LogP contribution in [0.3, 0.4) is 0 Å². The van der Waals surface area contributed by atoms with Gasteiger partial charge >= 0.3 is 0 Å². The van der Waals surface area contributed by atoms with Crippen LogP contribution in [0.1, 0.15) is 34.8 Å². The summed E-state index contributed by atoms with van der Waals surface area (Å²) in [6, 6.07) is 18.4. The Morgan fingerprint density at radius 3 is 2.48 bits per heavy atom. The highest BCUT2D eigenvalue weighted by atomic mass is 16.2. The number of amides is 1. The van der Waals surface area contributed by atoms with Gasteiger partial charge in [-0.15, -0.1) is 0 Å². The summed E-state index contributed by atoms with van der Waals surface area (Å²) in [6.07, 6.45) is 2.02. The van der Waals surface area contributed by atoms with Crippen LogP contribution in [0.5, 0.6) is 0 Å². The number of aromatic nitrogens is 2. The van der Waals surface area contributed by atoms with Crippen molar-refractivity contribution in [1.82, 2.24) is 15.1 Å². The lowest BCUT2D eigenvalue weighted by molar-refractivity contribution is 0.0709. The molecule has 0 bridgehead atoms. The maximum absolute atomic E-state index is 12.8. The minimum Gasteiger partial charge on any atom is -0.337 e. The number of rotatable bonds is 2. The van der Waals surface area contributed by atoms with Gasteiger partial charge in [0, 0.05) is 18.5 Å². The molecular weight excluding hydrogens is 286 g/mol. The highest BCUT2D eigenvalue weighted by Crippen LogP contribution is 2.29. The molecule has 1 saturated heterocycles. The molecule has 1 aliphatic heterocycles. The summed E-state index contributed by atoms with van der Waals surface area (Å²) in [5.41, 5.74) is 2.83. The van der Waals surface area contributed by atoms with Crippen molar-refractivity contribution in [1.29, 1.82) is 0 Å². The molecule has 1 aliphatic rings. The van der Waals surface area contributed by atoms with Gasteiger partial charge in [0.2, 0.25) is 0 Å². The zero-order chi connectivity index (χ0) is 15.6. The molecule has 116 valence electrons. The van der Waals surface area contributed by atoms with Gasteiger partial charge in [0.05, 0.1) is 5.52 Å². The van der Waals surface area contributed by atoms with Crippen molar-refractivity contribution in [3.8, 4) is 0 Å². The van der Waals surface area contributed by atoms with E-state index < -0.39 is 0 Å². The Labute approximate surface area is 135 Å². The van der Waals surface area contributed by atoms with Crippen LogP contribution in [0.4, 0.5) is 0 Å². The molecule has 0 radical (unpaired) electrons. The van der Waals surface area contributed by atoms with Gasteiger partial charge < -0.3 is 4.90 Å². The van der Waals surface area contributed by atoms with E-state index in [4.69, 9.17) is 0 Å². The van der Waals surface area contributed by atoms with Gasteiger partial charge in [-0.3, -0.25) is 9.89 Å². The molecule has 1 amide bonds. The molecule has 0 unspecified atom stereocenters. The van der Waals surface area contributed by atoms with Gasteiger partial charge in [-0.05, 0) is 30.4 Å². The maximum Gasteiger partial charge on any atom is 0.274 e. The van der Waals surface area contributed by atoms with E-state index in [1.807, 2.05) is 35.2 Å². The molecule has 0 saturated carbocycles. The minimum atomic E-state index is 0.0361. The lowest BCUT2D eigenvalue weighted by Crippen LogP contribution is -2.38. The molecule has 2 heterocycles. The molecule has 4 heteroatoms. The number of hydrogen-bond acceptors (Lipinski definition) is 2. The number of hydrogen-bond donors (Lipinski definition) is 1. The second-order valence-electron chi connectivity index (χ2n) is 6.09. The van der Waals surface area contributed by atoms with Crippen molar-refractivity contribution >= 4 is 16.8 Å². The highest BCUT2D eigenvalue weighted by Gasteiger charge is 2.26. The van der Waals surface area contributed by atoms with Gasteiger partial charge in [-0.25, -0.2) is 0 Å². The number of H-pyrrole nitrogens is 1. The van der Waals surface area contributed by atoms with Crippen LogP contribution in [-0.2, 0) is 0 Å². The number of benzene rings is 2. The Kier molecular flexibility index (Phi) is 3.58. The molecule has 4 rings (SSSR count). The van der Waals surface area contributed by atoms with Crippen molar-refractivity contribution in [3.05, 3.63) is 65.9 Å². The van der Waals surface area contributed by atoms with Crippen LogP contribution in [0.15, 0.2) is 54.6 Å². The van der Waals surface area contributed by atoms with Gasteiger partial charge in [0.1, 0.15) is 0 Å².